The third-order valence-electron chi connectivity index (χ3n) is 1.15. The molecule has 1 heterocycles. The molecule has 0 saturated heterocycles. The second-order valence-corrected chi connectivity index (χ2v) is 1.97. The van der Waals surface area contributed by atoms with E-state index >= 15 is 0 Å². The van der Waals surface area contributed by atoms with Crippen molar-refractivity contribution >= 4 is 12.4 Å². The smallest absolute Gasteiger partial charge is 0.445 e. The minimum Gasteiger partial charge on any atom is -0.445 e. The van der Waals surface area contributed by atoms with Crippen molar-refractivity contribution in [3.8, 4) is 0 Å². The van der Waals surface area contributed by atoms with E-state index in [-0.39, 0.29) is 51.4 Å². The normalized spacial score (nSPS) is 10.7. The van der Waals surface area contributed by atoms with Gasteiger partial charge in [-0.2, -0.15) is 0 Å². The summed E-state index contributed by atoms with van der Waals surface area (Å²) in [5, 5.41) is 0. The summed E-state index contributed by atoms with van der Waals surface area (Å²) in [4.78, 5) is 3.17. The van der Waals surface area contributed by atoms with Gasteiger partial charge in [-0.05, 0) is 6.07 Å². The van der Waals surface area contributed by atoms with E-state index < -0.39 is 18.3 Å². The molecule has 1 aromatic rings. The zero-order valence-electron chi connectivity index (χ0n) is 6.27. The van der Waals surface area contributed by atoms with Crippen molar-refractivity contribution in [1.29, 1.82) is 0 Å². The predicted octanol–water partition coefficient (Wildman–Crippen LogP) is -1.72. The van der Waals surface area contributed by atoms with E-state index in [1.165, 1.54) is 0 Å². The van der Waals surface area contributed by atoms with Gasteiger partial charge in [0.05, 0.1) is 5.82 Å². The van der Waals surface area contributed by atoms with Crippen molar-refractivity contribution in [2.75, 3.05) is 0 Å². The molecule has 0 aliphatic heterocycles. The van der Waals surface area contributed by atoms with Crippen LogP contribution in [0.1, 0.15) is 0 Å². The number of hydrogen-bond acceptors (Lipinski definition) is 1. The van der Waals surface area contributed by atoms with Crippen LogP contribution in [0, 0.1) is 5.82 Å². The van der Waals surface area contributed by atoms with Crippen LogP contribution in [0.25, 0.3) is 0 Å². The summed E-state index contributed by atoms with van der Waals surface area (Å²) in [6.07, 6.45) is 1.45. The van der Waals surface area contributed by atoms with Gasteiger partial charge in [0.15, 0.2) is 0 Å². The SMILES string of the molecule is Fc1ccncc1[B-](F)(F)F.[K+]. The Morgan fingerprint density at radius 1 is 1.25 bits per heavy atom. The average molecular weight is 203 g/mol. The molecule has 1 nitrogen and oxygen atoms in total. The Morgan fingerprint density at radius 2 is 1.83 bits per heavy atom. The quantitative estimate of drug-likeness (QED) is 0.390. The van der Waals surface area contributed by atoms with Gasteiger partial charge in [0, 0.05) is 12.4 Å². The van der Waals surface area contributed by atoms with E-state index in [0.717, 1.165) is 6.20 Å². The fraction of sp³-hybridized carbons (Fsp3) is 0. The number of halogens is 4. The van der Waals surface area contributed by atoms with Crippen LogP contribution < -0.4 is 56.8 Å². The molecular weight excluding hydrogens is 200 g/mol. The molecule has 7 heteroatoms. The number of aromatic nitrogens is 1. The zero-order valence-corrected chi connectivity index (χ0v) is 9.39. The monoisotopic (exact) mass is 203 g/mol. The van der Waals surface area contributed by atoms with E-state index in [2.05, 4.69) is 4.98 Å². The summed E-state index contributed by atoms with van der Waals surface area (Å²) in [6.45, 7) is -5.27. The topological polar surface area (TPSA) is 12.9 Å². The Kier molecular flexibility index (Phi) is 4.93. The molecule has 0 amide bonds. The largest absolute Gasteiger partial charge is 1.00 e. The summed E-state index contributed by atoms with van der Waals surface area (Å²) < 4.78 is 47.8. The maximum atomic E-state index is 12.3. The predicted molar refractivity (Wildman–Crippen MR) is 32.9 cm³/mol. The van der Waals surface area contributed by atoms with Gasteiger partial charge in [-0.25, -0.2) is 4.39 Å². The second-order valence-electron chi connectivity index (χ2n) is 1.97. The molecule has 60 valence electrons. The third kappa shape index (κ3) is 3.14. The molecule has 12 heavy (non-hydrogen) atoms. The molecule has 0 radical (unpaired) electrons. The number of hydrogen-bond donors (Lipinski definition) is 0. The van der Waals surface area contributed by atoms with Crippen LogP contribution >= 0.6 is 0 Å². The van der Waals surface area contributed by atoms with E-state index in [1.807, 2.05) is 0 Å². The average Bonchev–Trinajstić information content (AvgIpc) is 1.86. The summed E-state index contributed by atoms with van der Waals surface area (Å²) in [5.41, 5.74) is -1.27. The fourth-order valence-corrected chi connectivity index (χ4v) is 0.631. The van der Waals surface area contributed by atoms with Crippen molar-refractivity contribution in [3.63, 3.8) is 0 Å². The molecule has 0 bridgehead atoms. The van der Waals surface area contributed by atoms with E-state index in [4.69, 9.17) is 0 Å². The third-order valence-corrected chi connectivity index (χ3v) is 1.15. The molecule has 1 aromatic heterocycles. The zero-order chi connectivity index (χ0) is 8.48. The van der Waals surface area contributed by atoms with Crippen molar-refractivity contribution in [1.82, 2.24) is 4.98 Å². The first-order valence-corrected chi connectivity index (χ1v) is 2.81. The molecule has 0 fully saturated rings. The molecule has 0 atom stereocenters. The first kappa shape index (κ1) is 12.6. The number of nitrogens with zero attached hydrogens (tertiary/aromatic N) is 1. The Morgan fingerprint density at radius 3 is 2.17 bits per heavy atom. The van der Waals surface area contributed by atoms with Gasteiger partial charge < -0.3 is 12.9 Å². The van der Waals surface area contributed by atoms with Gasteiger partial charge in [-0.1, -0.05) is 5.46 Å². The van der Waals surface area contributed by atoms with E-state index in [1.54, 1.807) is 0 Å². The minimum atomic E-state index is -5.27. The molecule has 0 saturated carbocycles. The second kappa shape index (κ2) is 4.71. The summed E-state index contributed by atoms with van der Waals surface area (Å²) in [6, 6.07) is 0.685. The van der Waals surface area contributed by atoms with Gasteiger partial charge in [0.25, 0.3) is 0 Å². The van der Waals surface area contributed by atoms with Crippen LogP contribution in [0.2, 0.25) is 0 Å². The van der Waals surface area contributed by atoms with E-state index in [9.17, 15) is 17.3 Å². The van der Waals surface area contributed by atoms with E-state index in [0.29, 0.717) is 12.3 Å². The molecule has 0 spiro atoms. The number of rotatable bonds is 1. The molecule has 0 aliphatic carbocycles. The maximum Gasteiger partial charge on any atom is 1.00 e. The van der Waals surface area contributed by atoms with Crippen LogP contribution in [-0.2, 0) is 0 Å². The molecule has 0 unspecified atom stereocenters. The fourth-order valence-electron chi connectivity index (χ4n) is 0.631. The van der Waals surface area contributed by atoms with Gasteiger partial charge >= 0.3 is 58.4 Å². The molecular formula is C5H3BF4KN. The van der Waals surface area contributed by atoms with Crippen molar-refractivity contribution in [2.45, 2.75) is 0 Å². The van der Waals surface area contributed by atoms with Crippen LogP contribution in [0.4, 0.5) is 17.3 Å². The van der Waals surface area contributed by atoms with Crippen LogP contribution in [0.15, 0.2) is 18.5 Å². The standard InChI is InChI=1S/C5H3BF4N.K/c7-5-1-2-11-3-4(5)6(8,9)10;/h1-3H;/q-1;+1. The molecule has 1 rings (SSSR count). The van der Waals surface area contributed by atoms with Gasteiger partial charge in [-0.15, -0.1) is 0 Å². The van der Waals surface area contributed by atoms with Crippen LogP contribution in [0.3, 0.4) is 0 Å². The van der Waals surface area contributed by atoms with Crippen molar-refractivity contribution < 1.29 is 68.7 Å². The summed E-state index contributed by atoms with van der Waals surface area (Å²) in [7, 11) is 0. The molecule has 0 aromatic carbocycles. The van der Waals surface area contributed by atoms with Gasteiger partial charge in [0.1, 0.15) is 0 Å². The number of pyridine rings is 1. The summed E-state index contributed by atoms with van der Waals surface area (Å²) >= 11 is 0. The Hall–Kier alpha value is 0.571. The molecule has 0 aliphatic rings. The van der Waals surface area contributed by atoms with Gasteiger partial charge in [0.2, 0.25) is 0 Å². The minimum absolute atomic E-state index is 0. The van der Waals surface area contributed by atoms with Crippen LogP contribution in [-0.4, -0.2) is 12.0 Å². The Labute approximate surface area is 109 Å². The Balaban J connectivity index is 0.00000121. The molecule has 0 N–H and O–H groups in total. The van der Waals surface area contributed by atoms with Crippen LogP contribution in [0.5, 0.6) is 0 Å². The maximum absolute atomic E-state index is 12.3. The first-order valence-electron chi connectivity index (χ1n) is 2.81. The van der Waals surface area contributed by atoms with Gasteiger partial charge in [-0.3, -0.25) is 4.98 Å². The summed E-state index contributed by atoms with van der Waals surface area (Å²) in [5.74, 6) is -1.27. The van der Waals surface area contributed by atoms with Crippen molar-refractivity contribution in [3.05, 3.63) is 24.3 Å². The first-order chi connectivity index (χ1) is 5.02. The van der Waals surface area contributed by atoms with Crippen molar-refractivity contribution in [2.24, 2.45) is 0 Å². The Bertz CT molecular complexity index is 264.